The molecule has 0 unspecified atom stereocenters. The van der Waals surface area contributed by atoms with E-state index in [1.807, 2.05) is 23.6 Å². The summed E-state index contributed by atoms with van der Waals surface area (Å²) in [7, 11) is 0. The molecule has 29 heavy (non-hydrogen) atoms. The number of amides is 1. The number of aromatic nitrogens is 3. The molecule has 0 atom stereocenters. The van der Waals surface area contributed by atoms with Crippen LogP contribution in [-0.2, 0) is 17.8 Å². The maximum atomic E-state index is 13.0. The zero-order valence-electron chi connectivity index (χ0n) is 15.6. The number of rotatable bonds is 8. The minimum absolute atomic E-state index is 0.0104. The number of carbonyl (C=O) groups excluding carboxylic acids is 2. The van der Waals surface area contributed by atoms with Crippen LogP contribution in [0.4, 0.5) is 10.1 Å². The minimum Gasteiger partial charge on any atom is -0.326 e. The number of nitrogens with zero attached hydrogens (tertiary/aromatic N) is 3. The van der Waals surface area contributed by atoms with Crippen LogP contribution in [0, 0.1) is 5.82 Å². The quantitative estimate of drug-likeness (QED) is 0.386. The molecular weight excluding hydrogens is 459 g/mol. The Morgan fingerprint density at radius 2 is 1.79 bits per heavy atom. The first-order valence-corrected chi connectivity index (χ1v) is 10.6. The Labute approximate surface area is 180 Å². The van der Waals surface area contributed by atoms with E-state index in [4.69, 9.17) is 0 Å². The topological polar surface area (TPSA) is 76.9 Å². The fourth-order valence-corrected chi connectivity index (χ4v) is 3.79. The van der Waals surface area contributed by atoms with Crippen molar-refractivity contribution in [3.8, 4) is 0 Å². The molecule has 0 fully saturated rings. The lowest BCUT2D eigenvalue weighted by molar-refractivity contribution is -0.115. The van der Waals surface area contributed by atoms with Gasteiger partial charge in [0.05, 0.1) is 12.2 Å². The van der Waals surface area contributed by atoms with Crippen molar-refractivity contribution in [3.05, 3.63) is 70.2 Å². The van der Waals surface area contributed by atoms with Crippen LogP contribution >= 0.6 is 27.7 Å². The van der Waals surface area contributed by atoms with Crippen LogP contribution in [0.1, 0.15) is 23.1 Å². The van der Waals surface area contributed by atoms with E-state index in [-0.39, 0.29) is 29.7 Å². The molecule has 1 heterocycles. The van der Waals surface area contributed by atoms with Crippen molar-refractivity contribution >= 4 is 45.1 Å². The second-order valence-corrected chi connectivity index (χ2v) is 7.95. The first kappa shape index (κ1) is 21.2. The Hall–Kier alpha value is -2.52. The largest absolute Gasteiger partial charge is 0.326 e. The summed E-state index contributed by atoms with van der Waals surface area (Å²) in [5.41, 5.74) is 1.14. The van der Waals surface area contributed by atoms with Crippen LogP contribution in [0.25, 0.3) is 0 Å². The number of halogens is 2. The van der Waals surface area contributed by atoms with Crippen molar-refractivity contribution < 1.29 is 14.0 Å². The maximum Gasteiger partial charge on any atom is 0.232 e. The molecule has 3 aromatic rings. The molecule has 2 aromatic carbocycles. The zero-order chi connectivity index (χ0) is 20.8. The second kappa shape index (κ2) is 9.80. The number of hydrogen-bond donors (Lipinski definition) is 1. The van der Waals surface area contributed by atoms with Gasteiger partial charge in [0.15, 0.2) is 10.9 Å². The van der Waals surface area contributed by atoms with Gasteiger partial charge in [-0.3, -0.25) is 9.59 Å². The fraction of sp³-hybridized carbons (Fsp3) is 0.200. The molecule has 0 radical (unpaired) electrons. The summed E-state index contributed by atoms with van der Waals surface area (Å²) in [5, 5.41) is 11.5. The molecule has 0 saturated heterocycles. The zero-order valence-corrected chi connectivity index (χ0v) is 18.0. The SMILES string of the molecule is CCn1c(CC(=O)Nc2ccc(F)cc2)nnc1SCC(=O)c1ccc(Br)cc1. The first-order valence-electron chi connectivity index (χ1n) is 8.85. The van der Waals surface area contributed by atoms with Gasteiger partial charge in [-0.1, -0.05) is 39.8 Å². The van der Waals surface area contributed by atoms with E-state index in [9.17, 15) is 14.0 Å². The normalized spacial score (nSPS) is 10.7. The van der Waals surface area contributed by atoms with Gasteiger partial charge in [-0.05, 0) is 43.3 Å². The van der Waals surface area contributed by atoms with Crippen LogP contribution in [0.2, 0.25) is 0 Å². The summed E-state index contributed by atoms with van der Waals surface area (Å²) in [6, 6.07) is 12.7. The molecule has 0 saturated carbocycles. The van der Waals surface area contributed by atoms with Crippen LogP contribution in [-0.4, -0.2) is 32.2 Å². The van der Waals surface area contributed by atoms with E-state index in [0.717, 1.165) is 4.47 Å². The summed E-state index contributed by atoms with van der Waals surface area (Å²) in [4.78, 5) is 24.6. The number of nitrogens with one attached hydrogen (secondary N) is 1. The summed E-state index contributed by atoms with van der Waals surface area (Å²) < 4.78 is 15.7. The molecule has 6 nitrogen and oxygen atoms in total. The third-order valence-corrected chi connectivity index (χ3v) is 5.55. The highest BCUT2D eigenvalue weighted by molar-refractivity contribution is 9.10. The van der Waals surface area contributed by atoms with E-state index in [2.05, 4.69) is 31.4 Å². The Bertz CT molecular complexity index is 1010. The number of Topliss-reactive ketones (excluding diaryl/α,β-unsaturated/α-hetero) is 1. The lowest BCUT2D eigenvalue weighted by Crippen LogP contribution is -2.17. The fourth-order valence-electron chi connectivity index (χ4n) is 2.61. The first-order chi connectivity index (χ1) is 14.0. The molecule has 0 bridgehead atoms. The number of carbonyl (C=O) groups is 2. The van der Waals surface area contributed by atoms with E-state index >= 15 is 0 Å². The standard InChI is InChI=1S/C20H18BrFN4O2S/c1-2-26-18(11-19(28)23-16-9-7-15(22)8-10-16)24-25-20(26)29-12-17(27)13-3-5-14(21)6-4-13/h3-10H,2,11-12H2,1H3,(H,23,28). The average Bonchev–Trinajstić information content (AvgIpc) is 3.09. The molecule has 1 amide bonds. The molecule has 0 aliphatic carbocycles. The molecule has 0 aliphatic heterocycles. The Kier molecular flexibility index (Phi) is 7.16. The number of anilines is 1. The van der Waals surface area contributed by atoms with Crippen molar-refractivity contribution in [2.45, 2.75) is 25.0 Å². The summed E-state index contributed by atoms with van der Waals surface area (Å²) in [5.74, 6) is 0.0744. The van der Waals surface area contributed by atoms with Crippen molar-refractivity contribution in [2.24, 2.45) is 0 Å². The highest BCUT2D eigenvalue weighted by atomic mass is 79.9. The lowest BCUT2D eigenvalue weighted by atomic mass is 10.2. The van der Waals surface area contributed by atoms with Gasteiger partial charge >= 0.3 is 0 Å². The van der Waals surface area contributed by atoms with Crippen molar-refractivity contribution in [2.75, 3.05) is 11.1 Å². The van der Waals surface area contributed by atoms with E-state index in [0.29, 0.717) is 28.8 Å². The van der Waals surface area contributed by atoms with Gasteiger partial charge in [-0.2, -0.15) is 0 Å². The highest BCUT2D eigenvalue weighted by Crippen LogP contribution is 2.20. The summed E-state index contributed by atoms with van der Waals surface area (Å²) in [6.07, 6.45) is 0.0272. The smallest absolute Gasteiger partial charge is 0.232 e. The van der Waals surface area contributed by atoms with Gasteiger partial charge in [0.25, 0.3) is 0 Å². The number of benzene rings is 2. The molecular formula is C20H18BrFN4O2S. The molecule has 9 heteroatoms. The van der Waals surface area contributed by atoms with Gasteiger partial charge in [-0.15, -0.1) is 10.2 Å². The Balaban J connectivity index is 1.61. The predicted octanol–water partition coefficient (Wildman–Crippen LogP) is 4.36. The van der Waals surface area contributed by atoms with Gasteiger partial charge in [0, 0.05) is 22.3 Å². The minimum atomic E-state index is -0.368. The predicted molar refractivity (Wildman–Crippen MR) is 114 cm³/mol. The number of ketones is 1. The highest BCUT2D eigenvalue weighted by Gasteiger charge is 2.16. The van der Waals surface area contributed by atoms with E-state index in [1.54, 1.807) is 12.1 Å². The third kappa shape index (κ3) is 5.74. The molecule has 0 aliphatic rings. The van der Waals surface area contributed by atoms with Crippen molar-refractivity contribution in [1.82, 2.24) is 14.8 Å². The third-order valence-electron chi connectivity index (χ3n) is 4.05. The van der Waals surface area contributed by atoms with Crippen LogP contribution in [0.5, 0.6) is 0 Å². The van der Waals surface area contributed by atoms with Crippen LogP contribution in [0.3, 0.4) is 0 Å². The van der Waals surface area contributed by atoms with Crippen molar-refractivity contribution in [1.29, 1.82) is 0 Å². The number of thioether (sulfide) groups is 1. The monoisotopic (exact) mass is 476 g/mol. The summed E-state index contributed by atoms with van der Waals surface area (Å²) >= 11 is 4.63. The van der Waals surface area contributed by atoms with Crippen molar-refractivity contribution in [3.63, 3.8) is 0 Å². The van der Waals surface area contributed by atoms with Gasteiger partial charge in [-0.25, -0.2) is 4.39 Å². The molecule has 1 N–H and O–H groups in total. The summed E-state index contributed by atoms with van der Waals surface area (Å²) in [6.45, 7) is 2.49. The Morgan fingerprint density at radius 3 is 2.45 bits per heavy atom. The molecule has 1 aromatic heterocycles. The second-order valence-electron chi connectivity index (χ2n) is 6.09. The molecule has 0 spiro atoms. The van der Waals surface area contributed by atoms with Crippen LogP contribution < -0.4 is 5.32 Å². The number of hydrogen-bond acceptors (Lipinski definition) is 5. The molecule has 150 valence electrons. The van der Waals surface area contributed by atoms with Gasteiger partial charge in [0.2, 0.25) is 5.91 Å². The van der Waals surface area contributed by atoms with Gasteiger partial charge in [0.1, 0.15) is 11.6 Å². The molecule has 3 rings (SSSR count). The maximum absolute atomic E-state index is 13.0. The Morgan fingerprint density at radius 1 is 1.10 bits per heavy atom. The average molecular weight is 477 g/mol. The van der Waals surface area contributed by atoms with Gasteiger partial charge < -0.3 is 9.88 Å². The van der Waals surface area contributed by atoms with E-state index in [1.165, 1.54) is 36.0 Å². The lowest BCUT2D eigenvalue weighted by Gasteiger charge is -2.08. The van der Waals surface area contributed by atoms with E-state index < -0.39 is 0 Å². The van der Waals surface area contributed by atoms with Crippen LogP contribution in [0.15, 0.2) is 58.2 Å².